The van der Waals surface area contributed by atoms with E-state index >= 15 is 0 Å². The van der Waals surface area contributed by atoms with E-state index in [-0.39, 0.29) is 29.6 Å². The first kappa shape index (κ1) is 10.9. The van der Waals surface area contributed by atoms with Gasteiger partial charge < -0.3 is 14.6 Å². The molecule has 0 aliphatic heterocycles. The molecule has 0 radical (unpaired) electrons. The van der Waals surface area contributed by atoms with Gasteiger partial charge in [-0.3, -0.25) is 0 Å². The number of hydrogen-bond donors (Lipinski definition) is 0. The van der Waals surface area contributed by atoms with Crippen molar-refractivity contribution < 1.29 is 44.2 Å². The van der Waals surface area contributed by atoms with E-state index < -0.39 is 5.97 Å². The molecule has 0 aliphatic carbocycles. The Balaban J connectivity index is 0. The van der Waals surface area contributed by atoms with Crippen LogP contribution in [0.4, 0.5) is 0 Å². The molecule has 0 heterocycles. The summed E-state index contributed by atoms with van der Waals surface area (Å²) >= 11 is 0. The van der Waals surface area contributed by atoms with Crippen molar-refractivity contribution in [3.05, 3.63) is 12.3 Å². The summed E-state index contributed by atoms with van der Waals surface area (Å²) in [5.41, 5.74) is 0. The van der Waals surface area contributed by atoms with E-state index in [1.165, 1.54) is 7.11 Å². The van der Waals surface area contributed by atoms with Crippen LogP contribution >= 0.6 is 0 Å². The normalized spacial score (nSPS) is 8.12. The Kier molecular flexibility index (Phi) is 9.55. The predicted octanol–water partition coefficient (Wildman–Crippen LogP) is -4.10. The van der Waals surface area contributed by atoms with Crippen LogP contribution in [-0.4, -0.2) is 13.1 Å². The van der Waals surface area contributed by atoms with E-state index in [4.69, 9.17) is 0 Å². The van der Waals surface area contributed by atoms with Gasteiger partial charge in [-0.2, -0.15) is 0 Å². The number of hydrogen-bond acceptors (Lipinski definition) is 3. The average molecular weight is 124 g/mol. The summed E-state index contributed by atoms with van der Waals surface area (Å²) in [5.74, 6) is -1.25. The molecule has 0 fully saturated rings. The smallest absolute Gasteiger partial charge is 0.545 e. The Morgan fingerprint density at radius 1 is 1.75 bits per heavy atom. The fraction of sp³-hybridized carbons (Fsp3) is 0.250. The summed E-state index contributed by atoms with van der Waals surface area (Å²) in [7, 11) is 1.36. The van der Waals surface area contributed by atoms with E-state index in [9.17, 15) is 9.90 Å². The molecule has 0 N–H and O–H groups in total. The maximum Gasteiger partial charge on any atom is 1.00 e. The van der Waals surface area contributed by atoms with E-state index in [2.05, 4.69) is 4.74 Å². The molecule has 0 bridgehead atoms. The van der Waals surface area contributed by atoms with Gasteiger partial charge in [0.1, 0.15) is 0 Å². The van der Waals surface area contributed by atoms with Crippen LogP contribution in [0.1, 0.15) is 0 Å². The Labute approximate surface area is 69.6 Å². The number of carbonyl (C=O) groups excluding carboxylic acids is 1. The van der Waals surface area contributed by atoms with E-state index in [0.717, 1.165) is 12.3 Å². The molecule has 0 aromatic carbocycles. The average Bonchev–Trinajstić information content (AvgIpc) is 1.61. The molecule has 8 heavy (non-hydrogen) atoms. The van der Waals surface area contributed by atoms with Gasteiger partial charge in [0.25, 0.3) is 0 Å². The van der Waals surface area contributed by atoms with E-state index in [1.807, 2.05) is 0 Å². The van der Waals surface area contributed by atoms with Crippen LogP contribution in [0.2, 0.25) is 0 Å². The first-order valence-electron chi connectivity index (χ1n) is 1.67. The molecule has 0 atom stereocenters. The number of methoxy groups -OCH3 is 1. The van der Waals surface area contributed by atoms with Crippen molar-refractivity contribution >= 4 is 5.97 Å². The fourth-order valence-corrected chi connectivity index (χ4v) is 0.124. The second-order valence-corrected chi connectivity index (χ2v) is 0.857. The van der Waals surface area contributed by atoms with Crippen LogP contribution in [0.5, 0.6) is 0 Å². The Morgan fingerprint density at radius 3 is 2.38 bits per heavy atom. The van der Waals surface area contributed by atoms with Crippen molar-refractivity contribution in [2.75, 3.05) is 7.11 Å². The minimum atomic E-state index is -1.25. The number of carbonyl (C=O) groups is 1. The summed E-state index contributed by atoms with van der Waals surface area (Å²) in [4.78, 5) is 9.48. The number of rotatable bonds is 2. The minimum absolute atomic E-state index is 0. The van der Waals surface area contributed by atoms with Crippen LogP contribution in [0.25, 0.3) is 0 Å². The van der Waals surface area contributed by atoms with Crippen molar-refractivity contribution in [3.8, 4) is 0 Å². The largest absolute Gasteiger partial charge is 1.00 e. The van der Waals surface area contributed by atoms with Crippen LogP contribution in [0, 0.1) is 0 Å². The molecule has 4 heteroatoms. The first-order valence-corrected chi connectivity index (χ1v) is 1.67. The molecule has 0 saturated carbocycles. The van der Waals surface area contributed by atoms with Gasteiger partial charge in [0.15, 0.2) is 0 Å². The van der Waals surface area contributed by atoms with Gasteiger partial charge >= 0.3 is 29.6 Å². The van der Waals surface area contributed by atoms with E-state index in [0.29, 0.717) is 0 Å². The topological polar surface area (TPSA) is 49.4 Å². The minimum Gasteiger partial charge on any atom is -0.545 e. The predicted molar refractivity (Wildman–Crippen MR) is 21.2 cm³/mol. The van der Waals surface area contributed by atoms with Crippen molar-refractivity contribution in [2.24, 2.45) is 0 Å². The second kappa shape index (κ2) is 7.01. The maximum absolute atomic E-state index is 9.48. The zero-order valence-corrected chi connectivity index (χ0v) is 6.88. The van der Waals surface area contributed by atoms with Crippen LogP contribution in [-0.2, 0) is 9.53 Å². The molecular weight excluding hydrogens is 119 g/mol. The molecular formula is C4H5NaO3. The third-order valence-corrected chi connectivity index (χ3v) is 0.340. The molecule has 0 spiro atoms. The SMILES string of the molecule is CO/C=C/C(=O)[O-].[Na+]. The molecule has 0 saturated heterocycles. The summed E-state index contributed by atoms with van der Waals surface area (Å²) in [6, 6.07) is 0. The van der Waals surface area contributed by atoms with Crippen LogP contribution in [0.3, 0.4) is 0 Å². The van der Waals surface area contributed by atoms with Crippen molar-refractivity contribution in [2.45, 2.75) is 0 Å². The maximum atomic E-state index is 9.48. The second-order valence-electron chi connectivity index (χ2n) is 0.857. The fourth-order valence-electron chi connectivity index (χ4n) is 0.124. The number of ether oxygens (including phenoxy) is 1. The first-order chi connectivity index (χ1) is 3.27. The standard InChI is InChI=1S/C4H6O3.Na/c1-7-3-2-4(5)6;/h2-3H,1H3,(H,5,6);/q;+1/p-1/b3-2+;. The molecule has 40 valence electrons. The van der Waals surface area contributed by atoms with Gasteiger partial charge in [-0.1, -0.05) is 0 Å². The zero-order valence-electron chi connectivity index (χ0n) is 4.88. The molecule has 0 aromatic rings. The van der Waals surface area contributed by atoms with Gasteiger partial charge in [-0.05, 0) is 6.08 Å². The van der Waals surface area contributed by atoms with Gasteiger partial charge in [0.2, 0.25) is 0 Å². The third kappa shape index (κ3) is 9.38. The van der Waals surface area contributed by atoms with E-state index in [1.54, 1.807) is 0 Å². The van der Waals surface area contributed by atoms with Gasteiger partial charge in [-0.25, -0.2) is 0 Å². The van der Waals surface area contributed by atoms with Crippen molar-refractivity contribution in [3.63, 3.8) is 0 Å². The van der Waals surface area contributed by atoms with Crippen LogP contribution in [0.15, 0.2) is 12.3 Å². The summed E-state index contributed by atoms with van der Waals surface area (Å²) in [5, 5.41) is 9.48. The molecule has 0 unspecified atom stereocenters. The Bertz CT molecular complexity index is 89.3. The van der Waals surface area contributed by atoms with Gasteiger partial charge in [-0.15, -0.1) is 0 Å². The monoisotopic (exact) mass is 124 g/mol. The Morgan fingerprint density at radius 2 is 2.25 bits per heavy atom. The van der Waals surface area contributed by atoms with Gasteiger partial charge in [0.05, 0.1) is 19.3 Å². The third-order valence-electron chi connectivity index (χ3n) is 0.340. The molecule has 3 nitrogen and oxygen atoms in total. The quantitative estimate of drug-likeness (QED) is 0.213. The summed E-state index contributed by atoms with van der Waals surface area (Å²) in [6.07, 6.45) is 1.84. The summed E-state index contributed by atoms with van der Waals surface area (Å²) < 4.78 is 4.25. The number of carboxylic acids is 1. The van der Waals surface area contributed by atoms with Crippen LogP contribution < -0.4 is 34.7 Å². The van der Waals surface area contributed by atoms with Crippen molar-refractivity contribution in [1.29, 1.82) is 0 Å². The molecule has 0 aromatic heterocycles. The zero-order chi connectivity index (χ0) is 5.70. The van der Waals surface area contributed by atoms with Crippen molar-refractivity contribution in [1.82, 2.24) is 0 Å². The Hall–Kier alpha value is 0.0100. The molecule has 0 aliphatic rings. The molecule has 0 rings (SSSR count). The van der Waals surface area contributed by atoms with Gasteiger partial charge in [0, 0.05) is 0 Å². The number of carboxylic acid groups (broad SMARTS) is 1. The summed E-state index contributed by atoms with van der Waals surface area (Å²) in [6.45, 7) is 0. The molecule has 0 amide bonds. The number of aliphatic carboxylic acids is 1.